The quantitative estimate of drug-likeness (QED) is 0.309. The Balaban J connectivity index is 1.80. The summed E-state index contributed by atoms with van der Waals surface area (Å²) >= 11 is 0. The van der Waals surface area contributed by atoms with E-state index < -0.39 is 13.2 Å². The summed E-state index contributed by atoms with van der Waals surface area (Å²) in [6.45, 7) is 4.39. The van der Waals surface area contributed by atoms with Crippen molar-refractivity contribution in [2.45, 2.75) is 63.8 Å². The Hall–Kier alpha value is -2.55. The molecule has 4 rings (SSSR count). The third-order valence-electron chi connectivity index (χ3n) is 6.92. The molecule has 1 N–H and O–H groups in total. The molecule has 3 aromatic carbocycles. The predicted octanol–water partition coefficient (Wildman–Crippen LogP) is 7.94. The van der Waals surface area contributed by atoms with Gasteiger partial charge in [0, 0.05) is 30.8 Å². The van der Waals surface area contributed by atoms with Crippen molar-refractivity contribution < 1.29 is 9.09 Å². The van der Waals surface area contributed by atoms with E-state index in [2.05, 4.69) is 48.3 Å². The standard InChI is InChI=1S/C30H39N2O2P/c1-23(2)24-15-17-25(18-16-24)30(31-26-11-7-5-8-12-26)35(33,34-28-13-9-6-10-14-28)29-21-19-27(20-22-29)32(3)4/h5,7-8,11-12,15-23,28,30-31H,6,9-10,13-14H2,1-4H3/t30-,35+/m1/s1. The van der Waals surface area contributed by atoms with Gasteiger partial charge in [0.05, 0.1) is 6.10 Å². The fraction of sp³-hybridized carbons (Fsp3) is 0.400. The highest BCUT2D eigenvalue weighted by Gasteiger charge is 2.40. The lowest BCUT2D eigenvalue weighted by atomic mass is 9.98. The summed E-state index contributed by atoms with van der Waals surface area (Å²) in [5, 5.41) is 4.37. The first-order valence-electron chi connectivity index (χ1n) is 12.8. The third-order valence-corrected chi connectivity index (χ3v) is 9.66. The van der Waals surface area contributed by atoms with Crippen LogP contribution in [0, 0.1) is 0 Å². The molecule has 5 heteroatoms. The monoisotopic (exact) mass is 490 g/mol. The first-order chi connectivity index (χ1) is 16.9. The van der Waals surface area contributed by atoms with E-state index in [0.717, 1.165) is 47.9 Å². The lowest BCUT2D eigenvalue weighted by Crippen LogP contribution is -2.25. The second-order valence-corrected chi connectivity index (χ2v) is 12.5. The molecule has 0 aromatic heterocycles. The van der Waals surface area contributed by atoms with Crippen LogP contribution in [0.2, 0.25) is 0 Å². The summed E-state index contributed by atoms with van der Waals surface area (Å²) in [4.78, 5) is 2.06. The van der Waals surface area contributed by atoms with E-state index in [0.29, 0.717) is 5.92 Å². The topological polar surface area (TPSA) is 41.6 Å². The van der Waals surface area contributed by atoms with Crippen LogP contribution < -0.4 is 15.5 Å². The zero-order valence-corrected chi connectivity index (χ0v) is 22.4. The molecule has 1 aliphatic carbocycles. The molecule has 0 saturated heterocycles. The van der Waals surface area contributed by atoms with Gasteiger partial charge in [0.15, 0.2) is 0 Å². The smallest absolute Gasteiger partial charge is 0.258 e. The van der Waals surface area contributed by atoms with Crippen LogP contribution in [0.3, 0.4) is 0 Å². The van der Waals surface area contributed by atoms with Crippen molar-refractivity contribution in [3.8, 4) is 0 Å². The molecule has 0 amide bonds. The van der Waals surface area contributed by atoms with Crippen molar-refractivity contribution in [2.24, 2.45) is 0 Å². The number of hydrogen-bond donors (Lipinski definition) is 1. The fourth-order valence-electron chi connectivity index (χ4n) is 4.74. The van der Waals surface area contributed by atoms with Gasteiger partial charge in [-0.05, 0) is 66.3 Å². The largest absolute Gasteiger partial charge is 0.378 e. The van der Waals surface area contributed by atoms with Crippen LogP contribution in [0.4, 0.5) is 11.4 Å². The van der Waals surface area contributed by atoms with Gasteiger partial charge in [-0.15, -0.1) is 0 Å². The van der Waals surface area contributed by atoms with Crippen molar-refractivity contribution in [2.75, 3.05) is 24.3 Å². The summed E-state index contributed by atoms with van der Waals surface area (Å²) in [5.74, 6) is -0.0494. The van der Waals surface area contributed by atoms with Crippen LogP contribution in [0.5, 0.6) is 0 Å². The van der Waals surface area contributed by atoms with Crippen molar-refractivity contribution in [3.63, 3.8) is 0 Å². The molecule has 0 heterocycles. The third kappa shape index (κ3) is 6.18. The van der Waals surface area contributed by atoms with Gasteiger partial charge in [0.1, 0.15) is 5.78 Å². The maximum absolute atomic E-state index is 15.2. The summed E-state index contributed by atoms with van der Waals surface area (Å²) in [7, 11) is 0.678. The highest BCUT2D eigenvalue weighted by molar-refractivity contribution is 7.67. The van der Waals surface area contributed by atoms with E-state index in [9.17, 15) is 0 Å². The average Bonchev–Trinajstić information content (AvgIpc) is 2.88. The molecular weight excluding hydrogens is 451 g/mol. The molecule has 3 aromatic rings. The number of anilines is 2. The number of nitrogens with zero attached hydrogens (tertiary/aromatic N) is 1. The summed E-state index contributed by atoms with van der Waals surface area (Å²) < 4.78 is 21.9. The van der Waals surface area contributed by atoms with E-state index in [1.807, 2.05) is 68.7 Å². The minimum absolute atomic E-state index is 0.0121. The predicted molar refractivity (Wildman–Crippen MR) is 149 cm³/mol. The van der Waals surface area contributed by atoms with Crippen LogP contribution in [-0.4, -0.2) is 20.2 Å². The molecule has 4 nitrogen and oxygen atoms in total. The van der Waals surface area contributed by atoms with Gasteiger partial charge in [-0.1, -0.05) is 75.6 Å². The van der Waals surface area contributed by atoms with Crippen molar-refractivity contribution in [3.05, 3.63) is 90.0 Å². The molecule has 1 saturated carbocycles. The van der Waals surface area contributed by atoms with E-state index in [4.69, 9.17) is 4.52 Å². The van der Waals surface area contributed by atoms with Gasteiger partial charge in [0.2, 0.25) is 0 Å². The second kappa shape index (κ2) is 11.5. The van der Waals surface area contributed by atoms with Gasteiger partial charge in [0.25, 0.3) is 7.37 Å². The number of nitrogens with one attached hydrogen (secondary N) is 1. The molecule has 186 valence electrons. The Morgan fingerprint density at radius 2 is 1.43 bits per heavy atom. The lowest BCUT2D eigenvalue weighted by Gasteiger charge is -2.34. The van der Waals surface area contributed by atoms with Crippen molar-refractivity contribution in [1.82, 2.24) is 0 Å². The zero-order chi connectivity index (χ0) is 24.8. The Morgan fingerprint density at radius 3 is 2.00 bits per heavy atom. The fourth-order valence-corrected chi connectivity index (χ4v) is 7.38. The number of rotatable bonds is 9. The molecule has 0 aliphatic heterocycles. The molecule has 0 bridgehead atoms. The zero-order valence-electron chi connectivity index (χ0n) is 21.5. The molecule has 0 spiro atoms. The summed E-state index contributed by atoms with van der Waals surface area (Å²) in [6, 6.07) is 26.6. The van der Waals surface area contributed by atoms with Crippen LogP contribution in [0.25, 0.3) is 0 Å². The first kappa shape index (κ1) is 25.5. The highest BCUT2D eigenvalue weighted by atomic mass is 31.2. The summed E-state index contributed by atoms with van der Waals surface area (Å²) in [6.07, 6.45) is 5.42. The Bertz CT molecular complexity index is 1110. The first-order valence-corrected chi connectivity index (χ1v) is 14.5. The van der Waals surface area contributed by atoms with E-state index in [1.54, 1.807) is 0 Å². The van der Waals surface area contributed by atoms with Gasteiger partial charge >= 0.3 is 0 Å². The van der Waals surface area contributed by atoms with Gasteiger partial charge in [-0.25, -0.2) is 0 Å². The maximum Gasteiger partial charge on any atom is 0.258 e. The van der Waals surface area contributed by atoms with Gasteiger partial charge in [-0.3, -0.25) is 4.57 Å². The van der Waals surface area contributed by atoms with Crippen LogP contribution in [0.1, 0.15) is 68.8 Å². The average molecular weight is 491 g/mol. The van der Waals surface area contributed by atoms with E-state index >= 15 is 4.57 Å². The van der Waals surface area contributed by atoms with E-state index in [1.165, 1.54) is 12.0 Å². The Morgan fingerprint density at radius 1 is 0.829 bits per heavy atom. The normalized spacial score (nSPS) is 17.1. The van der Waals surface area contributed by atoms with Crippen LogP contribution in [-0.2, 0) is 9.09 Å². The summed E-state index contributed by atoms with van der Waals surface area (Å²) in [5.41, 5.74) is 4.26. The number of benzene rings is 3. The number of hydrogen-bond acceptors (Lipinski definition) is 4. The molecule has 0 unspecified atom stereocenters. The van der Waals surface area contributed by atoms with Gasteiger partial charge < -0.3 is 14.7 Å². The minimum atomic E-state index is -3.36. The number of para-hydroxylation sites is 1. The maximum atomic E-state index is 15.2. The Labute approximate surface area is 211 Å². The van der Waals surface area contributed by atoms with E-state index in [-0.39, 0.29) is 6.10 Å². The van der Waals surface area contributed by atoms with Crippen LogP contribution >= 0.6 is 7.37 Å². The van der Waals surface area contributed by atoms with Crippen molar-refractivity contribution in [1.29, 1.82) is 0 Å². The molecule has 0 radical (unpaired) electrons. The molecule has 1 aliphatic rings. The molecular formula is C30H39N2O2P. The highest BCUT2D eigenvalue weighted by Crippen LogP contribution is 2.60. The van der Waals surface area contributed by atoms with Crippen LogP contribution in [0.15, 0.2) is 78.9 Å². The molecule has 1 fully saturated rings. The molecule has 35 heavy (non-hydrogen) atoms. The lowest BCUT2D eigenvalue weighted by molar-refractivity contribution is 0.159. The second-order valence-electron chi connectivity index (χ2n) is 10.1. The van der Waals surface area contributed by atoms with Crippen molar-refractivity contribution >= 4 is 24.0 Å². The molecule has 2 atom stereocenters. The van der Waals surface area contributed by atoms with Gasteiger partial charge in [-0.2, -0.15) is 0 Å². The Kier molecular flexibility index (Phi) is 8.36. The SMILES string of the molecule is CC(C)c1ccc([C@H](Nc2ccccc2)[P@@](=O)(OC2CCCCC2)c2ccc(N(C)C)cc2)cc1. The minimum Gasteiger partial charge on any atom is -0.378 e.